The number of aromatic nitrogens is 4. The molecule has 5 N–H and O–H groups in total. The van der Waals surface area contributed by atoms with Crippen LogP contribution in [0.5, 0.6) is 11.6 Å². The SMILES string of the molecule is CCOc1nc(N)nc2c1nc(C)n2C1OC(COP(=O)(NC(C)C(=O)OC(C)C)Oc2cccc3ccccc23)C(O)C1(C)O. The Morgan fingerprint density at radius 2 is 1.89 bits per heavy atom. The van der Waals surface area contributed by atoms with Gasteiger partial charge in [0.25, 0.3) is 0 Å². The largest absolute Gasteiger partial charge is 0.476 e. The number of fused-ring (bicyclic) bond motifs is 2. The number of anilines is 1. The lowest BCUT2D eigenvalue weighted by Gasteiger charge is -2.28. The van der Waals surface area contributed by atoms with Crippen molar-refractivity contribution in [3.63, 3.8) is 0 Å². The van der Waals surface area contributed by atoms with E-state index in [4.69, 9.17) is 29.0 Å². The van der Waals surface area contributed by atoms with Gasteiger partial charge in [-0.1, -0.05) is 36.4 Å². The fourth-order valence-corrected chi connectivity index (χ4v) is 6.76. The predicted octanol–water partition coefficient (Wildman–Crippen LogP) is 3.41. The van der Waals surface area contributed by atoms with Crippen LogP contribution < -0.4 is 20.1 Å². The van der Waals surface area contributed by atoms with Crippen LogP contribution in [0.25, 0.3) is 21.9 Å². The number of benzene rings is 2. The van der Waals surface area contributed by atoms with E-state index < -0.39 is 56.5 Å². The molecule has 2 aromatic carbocycles. The molecule has 0 aliphatic carbocycles. The topological polar surface area (TPSA) is 202 Å². The molecule has 0 amide bonds. The summed E-state index contributed by atoms with van der Waals surface area (Å²) in [5.74, 6) is 0.0131. The molecular weight excluding hydrogens is 619 g/mol. The maximum absolute atomic E-state index is 14.3. The molecule has 1 aliphatic rings. The number of nitrogen functional groups attached to an aromatic ring is 1. The molecule has 15 nitrogen and oxygen atoms in total. The highest BCUT2D eigenvalue weighted by atomic mass is 31.2. The fraction of sp³-hybridized carbons (Fsp3) is 0.467. The maximum atomic E-state index is 14.3. The van der Waals surface area contributed by atoms with Gasteiger partial charge < -0.3 is 34.7 Å². The van der Waals surface area contributed by atoms with E-state index in [1.807, 2.05) is 18.2 Å². The van der Waals surface area contributed by atoms with Crippen LogP contribution in [-0.2, 0) is 23.4 Å². The number of nitrogens with two attached hydrogens (primary N) is 1. The number of aryl methyl sites for hydroxylation is 1. The van der Waals surface area contributed by atoms with E-state index in [0.29, 0.717) is 23.3 Å². The van der Waals surface area contributed by atoms with Gasteiger partial charge in [0.1, 0.15) is 35.4 Å². The fourth-order valence-electron chi connectivity index (χ4n) is 5.24. The Balaban J connectivity index is 1.44. The zero-order valence-electron chi connectivity index (χ0n) is 26.4. The molecule has 3 heterocycles. The first-order valence-electron chi connectivity index (χ1n) is 14.8. The lowest BCUT2D eigenvalue weighted by atomic mass is 9.96. The molecule has 248 valence electrons. The van der Waals surface area contributed by atoms with E-state index >= 15 is 0 Å². The van der Waals surface area contributed by atoms with E-state index in [1.165, 1.54) is 18.4 Å². The lowest BCUT2D eigenvalue weighted by molar-refractivity contribution is -0.149. The summed E-state index contributed by atoms with van der Waals surface area (Å²) in [4.78, 5) is 25.5. The number of hydrogen-bond donors (Lipinski definition) is 4. The van der Waals surface area contributed by atoms with Crippen molar-refractivity contribution in [3.8, 4) is 11.6 Å². The summed E-state index contributed by atoms with van der Waals surface area (Å²) < 4.78 is 44.6. The van der Waals surface area contributed by atoms with Crippen LogP contribution in [0.15, 0.2) is 42.5 Å². The van der Waals surface area contributed by atoms with Crippen molar-refractivity contribution in [2.45, 2.75) is 77.7 Å². The molecule has 0 radical (unpaired) electrons. The number of aliphatic hydroxyl groups is 2. The van der Waals surface area contributed by atoms with Crippen LogP contribution in [0.1, 0.15) is 46.7 Å². The lowest BCUT2D eigenvalue weighted by Crippen LogP contribution is -2.44. The third kappa shape index (κ3) is 6.66. The average Bonchev–Trinajstić information content (AvgIpc) is 3.42. The predicted molar refractivity (Wildman–Crippen MR) is 168 cm³/mol. The summed E-state index contributed by atoms with van der Waals surface area (Å²) in [6.45, 7) is 9.47. The number of carbonyl (C=O) groups is 1. The van der Waals surface area contributed by atoms with Crippen molar-refractivity contribution in [2.75, 3.05) is 18.9 Å². The molecular formula is C30H39N6O9P. The number of aliphatic hydroxyl groups excluding tert-OH is 1. The van der Waals surface area contributed by atoms with Gasteiger partial charge in [0.05, 0.1) is 19.3 Å². The summed E-state index contributed by atoms with van der Waals surface area (Å²) in [7, 11) is -4.37. The standard InChI is InChI=1S/C30H39N6O9P/c1-7-41-26-23-25(33-29(31)34-26)36(18(5)32-23)28-30(6,39)24(37)22(44-28)15-42-46(40,35-17(4)27(38)43-16(2)3)45-21-14-10-12-19-11-8-9-13-20(19)21/h8-14,16-17,22,24,28,37,39H,7,15H2,1-6H3,(H,35,40)(H2,31,33,34). The second-order valence-electron chi connectivity index (χ2n) is 11.4. The molecule has 5 rings (SSSR count). The van der Waals surface area contributed by atoms with Crippen molar-refractivity contribution in [1.29, 1.82) is 0 Å². The molecule has 2 aromatic heterocycles. The Morgan fingerprint density at radius 1 is 1.17 bits per heavy atom. The molecule has 1 aliphatic heterocycles. The zero-order valence-corrected chi connectivity index (χ0v) is 27.3. The number of rotatable bonds is 12. The van der Waals surface area contributed by atoms with Crippen molar-refractivity contribution < 1.29 is 42.8 Å². The number of imidazole rings is 1. The van der Waals surface area contributed by atoms with Crippen molar-refractivity contribution in [2.24, 2.45) is 0 Å². The highest BCUT2D eigenvalue weighted by Crippen LogP contribution is 2.49. The van der Waals surface area contributed by atoms with Crippen LogP contribution in [-0.4, -0.2) is 78.9 Å². The van der Waals surface area contributed by atoms with Crippen LogP contribution in [0.4, 0.5) is 5.95 Å². The maximum Gasteiger partial charge on any atom is 0.459 e. The van der Waals surface area contributed by atoms with E-state index in [-0.39, 0.29) is 23.2 Å². The van der Waals surface area contributed by atoms with Gasteiger partial charge >= 0.3 is 13.7 Å². The van der Waals surface area contributed by atoms with Crippen molar-refractivity contribution >= 4 is 41.6 Å². The van der Waals surface area contributed by atoms with Crippen LogP contribution in [0.2, 0.25) is 0 Å². The molecule has 6 unspecified atom stereocenters. The van der Waals surface area contributed by atoms with Gasteiger partial charge in [-0.15, -0.1) is 0 Å². The molecule has 0 spiro atoms. The number of carbonyl (C=O) groups excluding carboxylic acids is 1. The third-order valence-corrected chi connectivity index (χ3v) is 9.04. The molecule has 46 heavy (non-hydrogen) atoms. The average molecular weight is 659 g/mol. The van der Waals surface area contributed by atoms with Crippen LogP contribution >= 0.6 is 7.75 Å². The Morgan fingerprint density at radius 3 is 2.61 bits per heavy atom. The monoisotopic (exact) mass is 658 g/mol. The van der Waals surface area contributed by atoms with Gasteiger partial charge in [0.15, 0.2) is 17.4 Å². The number of ether oxygens (including phenoxy) is 3. The minimum atomic E-state index is -4.37. The van der Waals surface area contributed by atoms with Crippen molar-refractivity contribution in [1.82, 2.24) is 24.6 Å². The van der Waals surface area contributed by atoms with Crippen molar-refractivity contribution in [3.05, 3.63) is 48.3 Å². The second-order valence-corrected chi connectivity index (χ2v) is 13.1. The first kappa shape index (κ1) is 33.5. The van der Waals surface area contributed by atoms with E-state index in [2.05, 4.69) is 20.0 Å². The minimum absolute atomic E-state index is 0.0853. The van der Waals surface area contributed by atoms with Crippen LogP contribution in [0, 0.1) is 6.92 Å². The van der Waals surface area contributed by atoms with E-state index in [0.717, 1.165) is 5.39 Å². The summed E-state index contributed by atoms with van der Waals surface area (Å²) in [6, 6.07) is 11.4. The molecule has 16 heteroatoms. The normalized spacial score (nSPS) is 23.5. The van der Waals surface area contributed by atoms with E-state index in [9.17, 15) is 19.6 Å². The van der Waals surface area contributed by atoms with Gasteiger partial charge in [-0.05, 0) is 53.0 Å². The Bertz CT molecular complexity index is 1780. The number of hydrogen-bond acceptors (Lipinski definition) is 13. The quantitative estimate of drug-likeness (QED) is 0.127. The van der Waals surface area contributed by atoms with E-state index in [1.54, 1.807) is 52.0 Å². The highest BCUT2D eigenvalue weighted by molar-refractivity contribution is 7.52. The number of esters is 1. The van der Waals surface area contributed by atoms with Gasteiger partial charge in [0.2, 0.25) is 11.8 Å². The second kappa shape index (κ2) is 13.1. The molecule has 1 saturated heterocycles. The van der Waals surface area contributed by atoms with Gasteiger partial charge in [-0.25, -0.2) is 9.55 Å². The molecule has 6 atom stereocenters. The summed E-state index contributed by atoms with van der Waals surface area (Å²) >= 11 is 0. The number of nitrogens with one attached hydrogen (secondary N) is 1. The Kier molecular flexibility index (Phi) is 9.55. The first-order valence-corrected chi connectivity index (χ1v) is 16.4. The third-order valence-electron chi connectivity index (χ3n) is 7.41. The molecule has 4 aromatic rings. The Hall–Kier alpha value is -3.85. The van der Waals surface area contributed by atoms with Gasteiger partial charge in [0, 0.05) is 5.39 Å². The molecule has 0 saturated carbocycles. The summed E-state index contributed by atoms with van der Waals surface area (Å²) in [6.07, 6.45) is -4.39. The smallest absolute Gasteiger partial charge is 0.459 e. The van der Waals surface area contributed by atoms with Gasteiger partial charge in [-0.3, -0.25) is 13.9 Å². The molecule has 0 bridgehead atoms. The zero-order chi connectivity index (χ0) is 33.4. The number of nitrogens with zero attached hydrogens (tertiary/aromatic N) is 4. The summed E-state index contributed by atoms with van der Waals surface area (Å²) in [5, 5.41) is 26.9. The van der Waals surface area contributed by atoms with Gasteiger partial charge in [-0.2, -0.15) is 15.1 Å². The van der Waals surface area contributed by atoms with Crippen LogP contribution in [0.3, 0.4) is 0 Å². The first-order chi connectivity index (χ1) is 21.7. The highest BCUT2D eigenvalue weighted by Gasteiger charge is 2.54. The minimum Gasteiger partial charge on any atom is -0.476 e. The summed E-state index contributed by atoms with van der Waals surface area (Å²) in [5.41, 5.74) is 4.54. The molecule has 1 fully saturated rings. The Labute approximate surface area is 265 Å².